The standard InChI is InChI=1S/C18H27Cl2NO3.ClH/c1-4-6-10-21(11-7-5-2)12-13-24-18(22)16-14(19)8-9-15(20)17(16)23-3;/h8-9H,4-7,10-13H2,1-3H3;1H. The van der Waals surface area contributed by atoms with E-state index in [2.05, 4.69) is 18.7 Å². The summed E-state index contributed by atoms with van der Waals surface area (Å²) in [5.41, 5.74) is 0.181. The fourth-order valence-corrected chi connectivity index (χ4v) is 2.82. The Kier molecular flexibility index (Phi) is 13.1. The Hall–Kier alpha value is -0.680. The molecule has 0 saturated heterocycles. The third-order valence-electron chi connectivity index (χ3n) is 3.76. The molecule has 0 fully saturated rings. The van der Waals surface area contributed by atoms with E-state index in [1.807, 2.05) is 0 Å². The maximum atomic E-state index is 12.3. The van der Waals surface area contributed by atoms with Gasteiger partial charge in [0.05, 0.1) is 17.2 Å². The number of hydrogen-bond acceptors (Lipinski definition) is 4. The van der Waals surface area contributed by atoms with Gasteiger partial charge in [0.25, 0.3) is 0 Å². The van der Waals surface area contributed by atoms with Crippen LogP contribution in [0.15, 0.2) is 12.1 Å². The van der Waals surface area contributed by atoms with Crippen LogP contribution in [-0.4, -0.2) is 44.2 Å². The first-order valence-corrected chi connectivity index (χ1v) is 9.22. The van der Waals surface area contributed by atoms with Gasteiger partial charge in [0, 0.05) is 6.54 Å². The number of benzene rings is 1. The highest BCUT2D eigenvalue weighted by atomic mass is 35.5. The van der Waals surface area contributed by atoms with Crippen molar-refractivity contribution in [3.63, 3.8) is 0 Å². The highest BCUT2D eigenvalue weighted by molar-refractivity contribution is 6.37. The van der Waals surface area contributed by atoms with Gasteiger partial charge in [-0.15, -0.1) is 12.4 Å². The summed E-state index contributed by atoms with van der Waals surface area (Å²) < 4.78 is 10.6. The minimum atomic E-state index is -0.509. The van der Waals surface area contributed by atoms with Crippen molar-refractivity contribution in [2.75, 3.05) is 33.4 Å². The number of rotatable bonds is 11. The Labute approximate surface area is 167 Å². The lowest BCUT2D eigenvalue weighted by molar-refractivity contribution is 0.0457. The zero-order chi connectivity index (χ0) is 17.9. The lowest BCUT2D eigenvalue weighted by atomic mass is 10.2. The van der Waals surface area contributed by atoms with Crippen LogP contribution in [0.1, 0.15) is 49.9 Å². The van der Waals surface area contributed by atoms with Gasteiger partial charge in [0.2, 0.25) is 0 Å². The summed E-state index contributed by atoms with van der Waals surface area (Å²) in [6.45, 7) is 7.42. The zero-order valence-electron chi connectivity index (χ0n) is 15.1. The number of hydrogen-bond donors (Lipinski definition) is 0. The molecule has 0 spiro atoms. The van der Waals surface area contributed by atoms with Crippen molar-refractivity contribution in [3.8, 4) is 5.75 Å². The Bertz CT molecular complexity index is 519. The van der Waals surface area contributed by atoms with Crippen molar-refractivity contribution in [2.45, 2.75) is 39.5 Å². The van der Waals surface area contributed by atoms with Gasteiger partial charge < -0.3 is 9.47 Å². The van der Waals surface area contributed by atoms with Gasteiger partial charge in [-0.05, 0) is 38.1 Å². The number of unbranched alkanes of at least 4 members (excludes halogenated alkanes) is 2. The average molecular weight is 413 g/mol. The third kappa shape index (κ3) is 8.04. The molecule has 0 aromatic heterocycles. The van der Waals surface area contributed by atoms with Crippen LogP contribution >= 0.6 is 35.6 Å². The molecule has 0 unspecified atom stereocenters. The van der Waals surface area contributed by atoms with Gasteiger partial charge in [-0.1, -0.05) is 49.9 Å². The molecule has 0 heterocycles. The lowest BCUT2D eigenvalue weighted by Gasteiger charge is -2.21. The van der Waals surface area contributed by atoms with Crippen LogP contribution < -0.4 is 4.74 Å². The van der Waals surface area contributed by atoms with Crippen molar-refractivity contribution in [2.24, 2.45) is 0 Å². The molecule has 0 atom stereocenters. The fourth-order valence-electron chi connectivity index (χ4n) is 2.36. The van der Waals surface area contributed by atoms with Gasteiger partial charge in [-0.3, -0.25) is 4.90 Å². The molecular formula is C18H28Cl3NO3. The number of carbonyl (C=O) groups is 1. The molecule has 0 saturated carbocycles. The first kappa shape index (κ1) is 24.3. The van der Waals surface area contributed by atoms with E-state index < -0.39 is 5.97 Å². The van der Waals surface area contributed by atoms with Crippen LogP contribution in [0, 0.1) is 0 Å². The molecule has 0 aliphatic rings. The maximum Gasteiger partial charge on any atom is 0.343 e. The van der Waals surface area contributed by atoms with Crippen molar-refractivity contribution in [1.29, 1.82) is 0 Å². The van der Waals surface area contributed by atoms with Crippen LogP contribution in [0.3, 0.4) is 0 Å². The topological polar surface area (TPSA) is 38.8 Å². The Morgan fingerprint density at radius 2 is 1.60 bits per heavy atom. The van der Waals surface area contributed by atoms with Crippen molar-refractivity contribution >= 4 is 41.6 Å². The normalized spacial score (nSPS) is 10.5. The maximum absolute atomic E-state index is 12.3. The largest absolute Gasteiger partial charge is 0.494 e. The summed E-state index contributed by atoms with van der Waals surface area (Å²) >= 11 is 12.1. The number of halogens is 3. The van der Waals surface area contributed by atoms with Gasteiger partial charge >= 0.3 is 5.97 Å². The van der Waals surface area contributed by atoms with Crippen molar-refractivity contribution < 1.29 is 14.3 Å². The van der Waals surface area contributed by atoms with E-state index >= 15 is 0 Å². The summed E-state index contributed by atoms with van der Waals surface area (Å²) in [7, 11) is 1.45. The van der Waals surface area contributed by atoms with Gasteiger partial charge in [0.1, 0.15) is 12.2 Å². The summed E-state index contributed by atoms with van der Waals surface area (Å²) in [4.78, 5) is 14.7. The van der Waals surface area contributed by atoms with Crippen LogP contribution in [-0.2, 0) is 4.74 Å². The van der Waals surface area contributed by atoms with E-state index in [4.69, 9.17) is 32.7 Å². The summed E-state index contributed by atoms with van der Waals surface area (Å²) in [6.07, 6.45) is 4.59. The van der Waals surface area contributed by atoms with E-state index in [0.29, 0.717) is 18.2 Å². The minimum Gasteiger partial charge on any atom is -0.494 e. The molecule has 1 aromatic carbocycles. The second-order valence-electron chi connectivity index (χ2n) is 5.62. The smallest absolute Gasteiger partial charge is 0.343 e. The molecule has 0 radical (unpaired) electrons. The highest BCUT2D eigenvalue weighted by Crippen LogP contribution is 2.34. The monoisotopic (exact) mass is 411 g/mol. The summed E-state index contributed by atoms with van der Waals surface area (Å²) in [5, 5.41) is 0.608. The van der Waals surface area contributed by atoms with E-state index in [-0.39, 0.29) is 28.7 Å². The second-order valence-corrected chi connectivity index (χ2v) is 6.44. The van der Waals surface area contributed by atoms with Crippen LogP contribution in [0.25, 0.3) is 0 Å². The molecule has 144 valence electrons. The van der Waals surface area contributed by atoms with E-state index in [1.54, 1.807) is 12.1 Å². The predicted octanol–water partition coefficient (Wildman–Crippen LogP) is 5.48. The number of ether oxygens (including phenoxy) is 2. The molecule has 0 amide bonds. The molecule has 7 heteroatoms. The van der Waals surface area contributed by atoms with Crippen LogP contribution in [0.5, 0.6) is 5.75 Å². The molecule has 0 aliphatic heterocycles. The molecule has 1 rings (SSSR count). The summed E-state index contributed by atoms with van der Waals surface area (Å²) in [6, 6.07) is 3.16. The molecule has 0 bridgehead atoms. The first-order valence-electron chi connectivity index (χ1n) is 8.46. The number of esters is 1. The van der Waals surface area contributed by atoms with Crippen LogP contribution in [0.2, 0.25) is 10.0 Å². The average Bonchev–Trinajstić information content (AvgIpc) is 2.58. The first-order chi connectivity index (χ1) is 11.5. The lowest BCUT2D eigenvalue weighted by Crippen LogP contribution is -2.30. The van der Waals surface area contributed by atoms with Gasteiger partial charge in [-0.2, -0.15) is 0 Å². The molecular weight excluding hydrogens is 385 g/mol. The van der Waals surface area contributed by atoms with E-state index in [0.717, 1.165) is 38.8 Å². The van der Waals surface area contributed by atoms with Gasteiger partial charge in [0.15, 0.2) is 5.75 Å². The number of carbonyl (C=O) groups excluding carboxylic acids is 1. The van der Waals surface area contributed by atoms with Crippen molar-refractivity contribution in [3.05, 3.63) is 27.7 Å². The number of methoxy groups -OCH3 is 1. The molecule has 0 aliphatic carbocycles. The van der Waals surface area contributed by atoms with Gasteiger partial charge in [-0.25, -0.2) is 4.79 Å². The Balaban J connectivity index is 0.00000576. The quantitative estimate of drug-likeness (QED) is 0.451. The fraction of sp³-hybridized carbons (Fsp3) is 0.611. The Morgan fingerprint density at radius 1 is 1.04 bits per heavy atom. The molecule has 1 aromatic rings. The minimum absolute atomic E-state index is 0. The molecule has 25 heavy (non-hydrogen) atoms. The Morgan fingerprint density at radius 3 is 2.12 bits per heavy atom. The second kappa shape index (κ2) is 13.5. The molecule has 4 nitrogen and oxygen atoms in total. The van der Waals surface area contributed by atoms with Crippen molar-refractivity contribution in [1.82, 2.24) is 4.90 Å². The predicted molar refractivity (Wildman–Crippen MR) is 107 cm³/mol. The van der Waals surface area contributed by atoms with E-state index in [9.17, 15) is 4.79 Å². The summed E-state index contributed by atoms with van der Waals surface area (Å²) in [5.74, 6) is -0.256. The molecule has 0 N–H and O–H groups in total. The number of nitrogens with zero attached hydrogens (tertiary/aromatic N) is 1. The zero-order valence-corrected chi connectivity index (χ0v) is 17.5. The third-order valence-corrected chi connectivity index (χ3v) is 4.38. The SMILES string of the molecule is CCCCN(CCCC)CCOC(=O)c1c(Cl)ccc(Cl)c1OC.Cl. The van der Waals surface area contributed by atoms with E-state index in [1.165, 1.54) is 7.11 Å². The van der Waals surface area contributed by atoms with Crippen LogP contribution in [0.4, 0.5) is 0 Å². The highest BCUT2D eigenvalue weighted by Gasteiger charge is 2.21.